The van der Waals surface area contributed by atoms with E-state index in [1.54, 1.807) is 0 Å². The third-order valence-corrected chi connectivity index (χ3v) is 10.1. The molecule has 0 saturated heterocycles. The minimum absolute atomic E-state index is 0.140. The number of unbranched alkanes of at least 4 members (excludes halogenated alkanes) is 16. The molecule has 6 heteroatoms. The molecule has 354 valence electrons. The molecule has 0 fully saturated rings. The molecular formula is C57H90O6. The molecule has 6 nitrogen and oxygen atoms in total. The van der Waals surface area contributed by atoms with Crippen molar-refractivity contribution < 1.29 is 28.6 Å². The van der Waals surface area contributed by atoms with Crippen molar-refractivity contribution in [1.29, 1.82) is 0 Å². The van der Waals surface area contributed by atoms with Gasteiger partial charge in [-0.2, -0.15) is 0 Å². The molecule has 1 atom stereocenters. The topological polar surface area (TPSA) is 78.9 Å². The normalized spacial score (nSPS) is 13.1. The largest absolute Gasteiger partial charge is 0.462 e. The molecule has 0 rings (SSSR count). The summed E-state index contributed by atoms with van der Waals surface area (Å²) in [4.78, 5) is 37.9. The second kappa shape index (κ2) is 50.5. The number of rotatable bonds is 43. The first-order valence-electron chi connectivity index (χ1n) is 25.1. The molecule has 1 unspecified atom stereocenters. The van der Waals surface area contributed by atoms with E-state index in [0.717, 1.165) is 64.2 Å². The second-order valence-electron chi connectivity index (χ2n) is 16.1. The molecule has 63 heavy (non-hydrogen) atoms. The van der Waals surface area contributed by atoms with Gasteiger partial charge in [0.15, 0.2) is 6.10 Å². The number of hydrogen-bond donors (Lipinski definition) is 0. The Balaban J connectivity index is 4.59. The van der Waals surface area contributed by atoms with Crippen LogP contribution in [0.1, 0.15) is 201 Å². The lowest BCUT2D eigenvalue weighted by atomic mass is 10.0. The molecule has 0 heterocycles. The van der Waals surface area contributed by atoms with Gasteiger partial charge in [-0.3, -0.25) is 14.4 Å². The second-order valence-corrected chi connectivity index (χ2v) is 16.1. The van der Waals surface area contributed by atoms with Crippen LogP contribution in [0.25, 0.3) is 0 Å². The summed E-state index contributed by atoms with van der Waals surface area (Å²) < 4.78 is 16.6. The molecule has 0 radical (unpaired) electrons. The van der Waals surface area contributed by atoms with Gasteiger partial charge >= 0.3 is 17.9 Å². The summed E-state index contributed by atoms with van der Waals surface area (Å²) in [5, 5.41) is 0. The predicted octanol–water partition coefficient (Wildman–Crippen LogP) is 16.5. The van der Waals surface area contributed by atoms with Crippen molar-refractivity contribution in [3.63, 3.8) is 0 Å². The Bertz CT molecular complexity index is 1370. The summed E-state index contributed by atoms with van der Waals surface area (Å²) in [7, 11) is 0. The van der Waals surface area contributed by atoms with E-state index in [9.17, 15) is 14.4 Å². The number of hydrogen-bond acceptors (Lipinski definition) is 6. The highest BCUT2D eigenvalue weighted by Gasteiger charge is 2.19. The molecule has 0 saturated carbocycles. The first kappa shape index (κ1) is 58.8. The highest BCUT2D eigenvalue weighted by molar-refractivity contribution is 5.71. The number of ether oxygens (including phenoxy) is 3. The molecule has 0 aromatic rings. The van der Waals surface area contributed by atoms with Gasteiger partial charge in [0.25, 0.3) is 0 Å². The molecule has 0 aromatic carbocycles. The Morgan fingerprint density at radius 1 is 0.349 bits per heavy atom. The van der Waals surface area contributed by atoms with Gasteiger partial charge in [-0.05, 0) is 64.2 Å². The maximum atomic E-state index is 12.8. The minimum Gasteiger partial charge on any atom is -0.462 e. The van der Waals surface area contributed by atoms with E-state index in [2.05, 4.69) is 75.5 Å². The Morgan fingerprint density at radius 2 is 0.730 bits per heavy atom. The number of allylic oxidation sites excluding steroid dienone is 20. The number of carbonyl (C=O) groups excluding carboxylic acids is 3. The van der Waals surface area contributed by atoms with Crippen molar-refractivity contribution in [2.45, 2.75) is 207 Å². The van der Waals surface area contributed by atoms with Crippen LogP contribution >= 0.6 is 0 Å². The monoisotopic (exact) mass is 871 g/mol. The molecule has 0 aliphatic heterocycles. The van der Waals surface area contributed by atoms with Crippen LogP contribution in [-0.4, -0.2) is 37.2 Å². The van der Waals surface area contributed by atoms with Crippen LogP contribution in [-0.2, 0) is 28.6 Å². The molecular weight excluding hydrogens is 781 g/mol. The zero-order valence-corrected chi connectivity index (χ0v) is 40.3. The zero-order valence-electron chi connectivity index (χ0n) is 40.3. The van der Waals surface area contributed by atoms with Crippen LogP contribution in [0.4, 0.5) is 0 Å². The third kappa shape index (κ3) is 48.7. The molecule has 0 amide bonds. The van der Waals surface area contributed by atoms with Crippen LogP contribution in [0, 0.1) is 0 Å². The molecule has 0 aliphatic rings. The zero-order chi connectivity index (χ0) is 45.8. The molecule has 0 aliphatic carbocycles. The Labute approximate surface area is 386 Å². The van der Waals surface area contributed by atoms with Crippen molar-refractivity contribution in [3.05, 3.63) is 122 Å². The van der Waals surface area contributed by atoms with Crippen molar-refractivity contribution in [2.24, 2.45) is 0 Å². The lowest BCUT2D eigenvalue weighted by Gasteiger charge is -2.18. The Hall–Kier alpha value is -4.19. The van der Waals surface area contributed by atoms with E-state index >= 15 is 0 Å². The summed E-state index contributed by atoms with van der Waals surface area (Å²) >= 11 is 0. The number of carbonyl (C=O) groups is 3. The first-order valence-corrected chi connectivity index (χ1v) is 25.1. The van der Waals surface area contributed by atoms with E-state index in [1.807, 2.05) is 66.8 Å². The SMILES string of the molecule is CC/C=C/C=C/C=C/C=C/C=C/CCCC(=O)OCC(COC(=O)CC/C=C/C/C=C/C/C=C/C/C=C/C/C=C/CC)OC(=O)CCCCCCCCCCCCCCCCCC. The van der Waals surface area contributed by atoms with Gasteiger partial charge in [-0.1, -0.05) is 239 Å². The molecule has 0 aromatic heterocycles. The van der Waals surface area contributed by atoms with Crippen molar-refractivity contribution in [1.82, 2.24) is 0 Å². The highest BCUT2D eigenvalue weighted by Crippen LogP contribution is 2.15. The van der Waals surface area contributed by atoms with Crippen LogP contribution in [0.15, 0.2) is 122 Å². The highest BCUT2D eigenvalue weighted by atomic mass is 16.6. The van der Waals surface area contributed by atoms with Gasteiger partial charge < -0.3 is 14.2 Å². The van der Waals surface area contributed by atoms with Crippen LogP contribution < -0.4 is 0 Å². The van der Waals surface area contributed by atoms with Crippen molar-refractivity contribution in [3.8, 4) is 0 Å². The Morgan fingerprint density at radius 3 is 1.21 bits per heavy atom. The predicted molar refractivity (Wildman–Crippen MR) is 269 cm³/mol. The summed E-state index contributed by atoms with van der Waals surface area (Å²) in [5.74, 6) is -1.10. The quantitative estimate of drug-likeness (QED) is 0.0200. The average molecular weight is 871 g/mol. The van der Waals surface area contributed by atoms with Gasteiger partial charge in [-0.15, -0.1) is 0 Å². The van der Waals surface area contributed by atoms with Crippen LogP contribution in [0.2, 0.25) is 0 Å². The maximum absolute atomic E-state index is 12.8. The van der Waals surface area contributed by atoms with Crippen LogP contribution in [0.3, 0.4) is 0 Å². The fourth-order valence-corrected chi connectivity index (χ4v) is 6.40. The van der Waals surface area contributed by atoms with E-state index < -0.39 is 6.10 Å². The minimum atomic E-state index is -0.837. The summed E-state index contributed by atoms with van der Waals surface area (Å²) in [6.45, 7) is 6.24. The smallest absolute Gasteiger partial charge is 0.306 e. The van der Waals surface area contributed by atoms with Gasteiger partial charge in [0.2, 0.25) is 0 Å². The van der Waals surface area contributed by atoms with E-state index in [4.69, 9.17) is 14.2 Å². The average Bonchev–Trinajstić information content (AvgIpc) is 3.28. The van der Waals surface area contributed by atoms with Gasteiger partial charge in [0.05, 0.1) is 0 Å². The van der Waals surface area contributed by atoms with E-state index in [1.165, 1.54) is 83.5 Å². The summed E-state index contributed by atoms with van der Waals surface area (Å²) in [5.41, 5.74) is 0. The lowest BCUT2D eigenvalue weighted by Crippen LogP contribution is -2.30. The fraction of sp³-hybridized carbons (Fsp3) is 0.596. The summed E-state index contributed by atoms with van der Waals surface area (Å²) in [6, 6.07) is 0. The molecule has 0 N–H and O–H groups in total. The maximum Gasteiger partial charge on any atom is 0.306 e. The molecule has 0 bridgehead atoms. The van der Waals surface area contributed by atoms with Gasteiger partial charge in [0, 0.05) is 19.3 Å². The van der Waals surface area contributed by atoms with Crippen LogP contribution in [0.5, 0.6) is 0 Å². The molecule has 0 spiro atoms. The van der Waals surface area contributed by atoms with Gasteiger partial charge in [0.1, 0.15) is 13.2 Å². The summed E-state index contributed by atoms with van der Waals surface area (Å²) in [6.07, 6.45) is 69.2. The van der Waals surface area contributed by atoms with E-state index in [0.29, 0.717) is 19.3 Å². The Kier molecular flexibility index (Phi) is 47.1. The third-order valence-electron chi connectivity index (χ3n) is 10.1. The number of esters is 3. The fourth-order valence-electron chi connectivity index (χ4n) is 6.40. The van der Waals surface area contributed by atoms with E-state index in [-0.39, 0.29) is 44.0 Å². The standard InChI is InChI=1S/C57H90O6/c1-4-7-10-13-16-19-22-25-27-29-32-35-38-41-44-47-50-56(59)62-53-54(52-61-55(58)49-46-43-40-37-34-31-24-21-18-15-12-9-6-3)63-57(60)51-48-45-42-39-36-33-30-28-26-23-20-17-14-11-8-5-2/h7,9-10,12,15-16,18-19,21,24-25,27,31-32,34-35,37,40-41,44,54H,4-6,8,11,13-14,17,20,22-23,26,28-30,33,36,38-39,42-43,45-53H2,1-3H3/b10-7+,12-9+,18-15+,19-16+,24-21+,27-25+,34-31+,35-32+,40-37+,44-41+. The van der Waals surface area contributed by atoms with Crippen molar-refractivity contribution >= 4 is 17.9 Å². The first-order chi connectivity index (χ1) is 31.0. The lowest BCUT2D eigenvalue weighted by molar-refractivity contribution is -0.166. The van der Waals surface area contributed by atoms with Gasteiger partial charge in [-0.25, -0.2) is 0 Å². The van der Waals surface area contributed by atoms with Crippen molar-refractivity contribution in [2.75, 3.05) is 13.2 Å².